The average Bonchev–Trinajstić information content (AvgIpc) is 2.43. The van der Waals surface area contributed by atoms with E-state index < -0.39 is 37.5 Å². The summed E-state index contributed by atoms with van der Waals surface area (Å²) in [5.74, 6) is -2.59. The largest absolute Gasteiger partial charge is 0.367 e. The summed E-state index contributed by atoms with van der Waals surface area (Å²) in [6.07, 6.45) is 1.01. The number of ketones is 1. The van der Waals surface area contributed by atoms with Gasteiger partial charge < -0.3 is 11.5 Å². The van der Waals surface area contributed by atoms with E-state index in [0.717, 1.165) is 12.3 Å². The summed E-state index contributed by atoms with van der Waals surface area (Å²) in [4.78, 5) is 12.1. The highest BCUT2D eigenvalue weighted by molar-refractivity contribution is 7.90. The summed E-state index contributed by atoms with van der Waals surface area (Å²) in [5.41, 5.74) is 10.3. The molecule has 0 saturated carbocycles. The first-order valence-electron chi connectivity index (χ1n) is 6.71. The van der Waals surface area contributed by atoms with Crippen LogP contribution in [0, 0.1) is 0 Å². The molecule has 0 fully saturated rings. The molecule has 0 bridgehead atoms. The molecule has 0 amide bonds. The van der Waals surface area contributed by atoms with Crippen LogP contribution < -0.4 is 11.5 Å². The number of nitrogens with zero attached hydrogens (tertiary/aromatic N) is 1. The number of Topliss-reactive ketones (excluding diaryl/α,β-unsaturated/α-hetero) is 1. The lowest BCUT2D eigenvalue weighted by molar-refractivity contribution is 0.101. The summed E-state index contributed by atoms with van der Waals surface area (Å²) < 4.78 is 51.1. The molecule has 1 aromatic rings. The predicted molar refractivity (Wildman–Crippen MR) is 88.7 cm³/mol. The SMILES string of the molecule is CC(C)c1ccc(C(=O)CS(=O)(=O)ON=C(N)N)cc1S(C)(=O)=O. The van der Waals surface area contributed by atoms with Crippen molar-refractivity contribution in [1.82, 2.24) is 0 Å². The molecule has 0 aliphatic rings. The number of hydrogen-bond acceptors (Lipinski definition) is 7. The van der Waals surface area contributed by atoms with Gasteiger partial charge in [-0.2, -0.15) is 8.42 Å². The van der Waals surface area contributed by atoms with E-state index >= 15 is 0 Å². The van der Waals surface area contributed by atoms with E-state index in [4.69, 9.17) is 11.5 Å². The average molecular weight is 377 g/mol. The molecule has 0 heterocycles. The number of sulfone groups is 1. The molecule has 9 nitrogen and oxygen atoms in total. The normalized spacial score (nSPS) is 12.0. The molecule has 4 N–H and O–H groups in total. The number of rotatable bonds is 7. The lowest BCUT2D eigenvalue weighted by Crippen LogP contribution is -2.25. The van der Waals surface area contributed by atoms with Gasteiger partial charge in [0.25, 0.3) is 0 Å². The lowest BCUT2D eigenvalue weighted by atomic mass is 10.0. The van der Waals surface area contributed by atoms with Crippen LogP contribution in [0.2, 0.25) is 0 Å². The van der Waals surface area contributed by atoms with Crippen LogP contribution in [-0.2, 0) is 24.2 Å². The van der Waals surface area contributed by atoms with Gasteiger partial charge in [-0.05, 0) is 22.7 Å². The summed E-state index contributed by atoms with van der Waals surface area (Å²) in [6, 6.07) is 4.00. The number of carbonyl (C=O) groups excluding carboxylic acids is 1. The summed E-state index contributed by atoms with van der Waals surface area (Å²) in [5, 5.41) is 2.87. The number of benzene rings is 1. The van der Waals surface area contributed by atoms with Gasteiger partial charge >= 0.3 is 10.1 Å². The van der Waals surface area contributed by atoms with E-state index in [0.29, 0.717) is 5.56 Å². The maximum atomic E-state index is 12.1. The maximum absolute atomic E-state index is 12.1. The molecule has 0 radical (unpaired) electrons. The Kier molecular flexibility index (Phi) is 5.95. The van der Waals surface area contributed by atoms with Crippen LogP contribution in [0.25, 0.3) is 0 Å². The highest BCUT2D eigenvalue weighted by atomic mass is 32.2. The first-order chi connectivity index (χ1) is 10.8. The second-order valence-corrected chi connectivity index (χ2v) is 8.93. The van der Waals surface area contributed by atoms with Crippen LogP contribution in [0.4, 0.5) is 0 Å². The van der Waals surface area contributed by atoms with Crippen LogP contribution in [0.15, 0.2) is 28.3 Å². The van der Waals surface area contributed by atoms with Gasteiger partial charge in [0.1, 0.15) is 0 Å². The smallest absolute Gasteiger partial charge is 0.336 e. The minimum absolute atomic E-state index is 0.0223. The van der Waals surface area contributed by atoms with Crippen molar-refractivity contribution in [3.8, 4) is 0 Å². The monoisotopic (exact) mass is 377 g/mol. The minimum Gasteiger partial charge on any atom is -0.367 e. The van der Waals surface area contributed by atoms with Crippen LogP contribution in [0.5, 0.6) is 0 Å². The zero-order valence-corrected chi connectivity index (χ0v) is 15.0. The molecule has 24 heavy (non-hydrogen) atoms. The van der Waals surface area contributed by atoms with E-state index in [9.17, 15) is 21.6 Å². The molecule has 0 spiro atoms. The Morgan fingerprint density at radius 1 is 1.21 bits per heavy atom. The Morgan fingerprint density at radius 2 is 1.79 bits per heavy atom. The first-order valence-corrected chi connectivity index (χ1v) is 10.2. The highest BCUT2D eigenvalue weighted by Crippen LogP contribution is 2.25. The van der Waals surface area contributed by atoms with E-state index in [1.54, 1.807) is 13.8 Å². The molecule has 0 aliphatic carbocycles. The summed E-state index contributed by atoms with van der Waals surface area (Å²) in [6.45, 7) is 3.61. The molecule has 0 unspecified atom stereocenters. The van der Waals surface area contributed by atoms with E-state index in [1.165, 1.54) is 12.1 Å². The Labute approximate surface area is 140 Å². The molecule has 0 aliphatic heterocycles. The minimum atomic E-state index is -4.35. The number of hydrogen-bond donors (Lipinski definition) is 2. The fourth-order valence-electron chi connectivity index (χ4n) is 1.88. The third-order valence-corrected chi connectivity index (χ3v) is 4.99. The van der Waals surface area contributed by atoms with E-state index in [2.05, 4.69) is 9.44 Å². The number of carbonyl (C=O) groups is 1. The Bertz CT molecular complexity index is 869. The van der Waals surface area contributed by atoms with Crippen molar-refractivity contribution in [1.29, 1.82) is 0 Å². The molecule has 0 saturated heterocycles. The van der Waals surface area contributed by atoms with Gasteiger partial charge in [-0.15, -0.1) is 0 Å². The Balaban J connectivity index is 3.20. The van der Waals surface area contributed by atoms with Crippen LogP contribution >= 0.6 is 0 Å². The Morgan fingerprint density at radius 3 is 2.25 bits per heavy atom. The van der Waals surface area contributed by atoms with Crippen LogP contribution in [0.3, 0.4) is 0 Å². The standard InChI is InChI=1S/C13H19N3O6S2/c1-8(2)10-5-4-9(6-12(10)23(3,18)19)11(17)7-24(20,21)22-16-13(14)15/h4-6,8H,7H2,1-3H3,(H4,14,15,16). The van der Waals surface area contributed by atoms with Gasteiger partial charge in [-0.3, -0.25) is 9.08 Å². The molecule has 11 heteroatoms. The zero-order chi connectivity index (χ0) is 18.7. The fourth-order valence-corrected chi connectivity index (χ4v) is 3.69. The lowest BCUT2D eigenvalue weighted by Gasteiger charge is -2.12. The van der Waals surface area contributed by atoms with Crippen molar-refractivity contribution < 1.29 is 25.9 Å². The molecule has 0 aromatic heterocycles. The Hall–Kier alpha value is -2.14. The number of oxime groups is 1. The van der Waals surface area contributed by atoms with Crippen molar-refractivity contribution >= 4 is 31.7 Å². The molecular formula is C13H19N3O6S2. The molecule has 1 rings (SSSR count). The second-order valence-electron chi connectivity index (χ2n) is 5.40. The summed E-state index contributed by atoms with van der Waals surface area (Å²) in [7, 11) is -7.93. The molecular weight excluding hydrogens is 358 g/mol. The van der Waals surface area contributed by atoms with Gasteiger partial charge in [-0.1, -0.05) is 26.0 Å². The molecule has 0 atom stereocenters. The fraction of sp³-hybridized carbons (Fsp3) is 0.385. The number of guanidine groups is 1. The zero-order valence-electron chi connectivity index (χ0n) is 13.4. The molecule has 134 valence electrons. The topological polar surface area (TPSA) is 159 Å². The van der Waals surface area contributed by atoms with Crippen molar-refractivity contribution in [2.24, 2.45) is 16.6 Å². The third kappa shape index (κ3) is 5.49. The molecule has 1 aromatic carbocycles. The van der Waals surface area contributed by atoms with E-state index in [1.807, 2.05) is 0 Å². The van der Waals surface area contributed by atoms with Crippen molar-refractivity contribution in [3.05, 3.63) is 29.3 Å². The maximum Gasteiger partial charge on any atom is 0.336 e. The summed E-state index contributed by atoms with van der Waals surface area (Å²) >= 11 is 0. The quantitative estimate of drug-likeness (QED) is 0.289. The van der Waals surface area contributed by atoms with Crippen LogP contribution in [-0.4, -0.2) is 40.6 Å². The van der Waals surface area contributed by atoms with Gasteiger partial charge in [0, 0.05) is 11.8 Å². The van der Waals surface area contributed by atoms with E-state index in [-0.39, 0.29) is 16.4 Å². The first kappa shape index (κ1) is 19.9. The van der Waals surface area contributed by atoms with Gasteiger partial charge in [-0.25, -0.2) is 8.42 Å². The predicted octanol–water partition coefficient (Wildman–Crippen LogP) is -0.0690. The van der Waals surface area contributed by atoms with Crippen molar-refractivity contribution in [2.45, 2.75) is 24.7 Å². The number of nitrogens with two attached hydrogens (primary N) is 2. The third-order valence-electron chi connectivity index (χ3n) is 2.92. The second kappa shape index (κ2) is 7.18. The van der Waals surface area contributed by atoms with Gasteiger partial charge in [0.05, 0.1) is 4.90 Å². The van der Waals surface area contributed by atoms with Crippen molar-refractivity contribution in [2.75, 3.05) is 12.0 Å². The highest BCUT2D eigenvalue weighted by Gasteiger charge is 2.23. The van der Waals surface area contributed by atoms with Crippen molar-refractivity contribution in [3.63, 3.8) is 0 Å². The van der Waals surface area contributed by atoms with Gasteiger partial charge in [0.15, 0.2) is 21.4 Å². The van der Waals surface area contributed by atoms with Crippen LogP contribution in [0.1, 0.15) is 35.7 Å². The van der Waals surface area contributed by atoms with Gasteiger partial charge in [0.2, 0.25) is 5.96 Å².